The van der Waals surface area contributed by atoms with Gasteiger partial charge in [-0.2, -0.15) is 0 Å². The van der Waals surface area contributed by atoms with Crippen LogP contribution in [0.2, 0.25) is 0 Å². The van der Waals surface area contributed by atoms with E-state index < -0.39 is 0 Å². The first kappa shape index (κ1) is 14.5. The molecule has 0 radical (unpaired) electrons. The van der Waals surface area contributed by atoms with Gasteiger partial charge < -0.3 is 4.74 Å². The zero-order valence-electron chi connectivity index (χ0n) is 10.9. The van der Waals surface area contributed by atoms with Crippen LogP contribution in [0.25, 0.3) is 0 Å². The molecule has 0 bridgehead atoms. The number of methoxy groups -OCH3 is 1. The first-order valence-electron chi connectivity index (χ1n) is 5.98. The van der Waals surface area contributed by atoms with Crippen LogP contribution in [-0.2, 0) is 6.42 Å². The summed E-state index contributed by atoms with van der Waals surface area (Å²) in [7, 11) is 1.68. The van der Waals surface area contributed by atoms with E-state index >= 15 is 0 Å². The molecule has 2 aromatic rings. The number of rotatable bonds is 5. The van der Waals surface area contributed by atoms with Gasteiger partial charge in [-0.15, -0.1) is 11.3 Å². The van der Waals surface area contributed by atoms with E-state index in [9.17, 15) is 0 Å². The molecule has 0 spiro atoms. The maximum atomic E-state index is 5.73. The van der Waals surface area contributed by atoms with Crippen LogP contribution >= 0.6 is 27.3 Å². The highest BCUT2D eigenvalue weighted by atomic mass is 79.9. The normalized spacial score (nSPS) is 12.4. The second-order valence-electron chi connectivity index (χ2n) is 4.36. The zero-order chi connectivity index (χ0) is 13.8. The van der Waals surface area contributed by atoms with E-state index in [4.69, 9.17) is 10.6 Å². The topological polar surface area (TPSA) is 47.3 Å². The van der Waals surface area contributed by atoms with E-state index in [1.165, 1.54) is 10.4 Å². The molecule has 0 amide bonds. The van der Waals surface area contributed by atoms with Crippen LogP contribution in [0.5, 0.6) is 5.75 Å². The molecule has 102 valence electrons. The molecule has 1 aromatic heterocycles. The largest absolute Gasteiger partial charge is 0.496 e. The van der Waals surface area contributed by atoms with Gasteiger partial charge >= 0.3 is 0 Å². The first-order valence-corrected chi connectivity index (χ1v) is 7.65. The van der Waals surface area contributed by atoms with Crippen LogP contribution in [0.15, 0.2) is 34.1 Å². The van der Waals surface area contributed by atoms with Crippen molar-refractivity contribution in [1.29, 1.82) is 0 Å². The molecule has 0 fully saturated rings. The van der Waals surface area contributed by atoms with Crippen molar-refractivity contribution in [1.82, 2.24) is 5.43 Å². The maximum Gasteiger partial charge on any atom is 0.123 e. The molecule has 1 atom stereocenters. The van der Waals surface area contributed by atoms with Gasteiger partial charge in [-0.3, -0.25) is 11.3 Å². The molecule has 2 rings (SSSR count). The maximum absolute atomic E-state index is 5.73. The van der Waals surface area contributed by atoms with Gasteiger partial charge in [0.15, 0.2) is 0 Å². The number of hydrazine groups is 1. The average molecular weight is 341 g/mol. The average Bonchev–Trinajstić information content (AvgIpc) is 2.81. The van der Waals surface area contributed by atoms with Crippen molar-refractivity contribution < 1.29 is 4.74 Å². The van der Waals surface area contributed by atoms with Crippen molar-refractivity contribution in [3.05, 3.63) is 50.1 Å². The number of thiophene rings is 1. The number of benzene rings is 1. The molecule has 19 heavy (non-hydrogen) atoms. The highest BCUT2D eigenvalue weighted by Crippen LogP contribution is 2.32. The number of nitrogens with two attached hydrogens (primary N) is 1. The molecule has 3 N–H and O–H groups in total. The van der Waals surface area contributed by atoms with Crippen LogP contribution < -0.4 is 16.0 Å². The number of halogens is 1. The molecule has 1 unspecified atom stereocenters. The number of ether oxygens (including phenoxy) is 1. The lowest BCUT2D eigenvalue weighted by molar-refractivity contribution is 0.399. The van der Waals surface area contributed by atoms with Crippen LogP contribution in [0.3, 0.4) is 0 Å². The minimum Gasteiger partial charge on any atom is -0.496 e. The Kier molecular flexibility index (Phi) is 4.99. The second-order valence-corrected chi connectivity index (χ2v) is 6.22. The SMILES string of the molecule is COc1ccc(C)cc1C(Cc1sccc1Br)NN. The summed E-state index contributed by atoms with van der Waals surface area (Å²) < 4.78 is 6.56. The van der Waals surface area contributed by atoms with Crippen molar-refractivity contribution in [2.24, 2.45) is 5.84 Å². The Balaban J connectivity index is 2.31. The Bertz CT molecular complexity index is 556. The second kappa shape index (κ2) is 6.52. The third-order valence-electron chi connectivity index (χ3n) is 3.04. The Morgan fingerprint density at radius 1 is 1.42 bits per heavy atom. The highest BCUT2D eigenvalue weighted by Gasteiger charge is 2.17. The monoisotopic (exact) mass is 340 g/mol. The Morgan fingerprint density at radius 3 is 2.79 bits per heavy atom. The molecular weight excluding hydrogens is 324 g/mol. The first-order chi connectivity index (χ1) is 9.15. The summed E-state index contributed by atoms with van der Waals surface area (Å²) in [5.74, 6) is 6.59. The van der Waals surface area contributed by atoms with E-state index in [1.54, 1.807) is 18.4 Å². The van der Waals surface area contributed by atoms with Crippen LogP contribution in [0.4, 0.5) is 0 Å². The lowest BCUT2D eigenvalue weighted by atomic mass is 10.0. The minimum absolute atomic E-state index is 0.0322. The summed E-state index contributed by atoms with van der Waals surface area (Å²) >= 11 is 5.28. The number of aryl methyl sites for hydroxylation is 1. The van der Waals surface area contributed by atoms with Crippen molar-refractivity contribution in [2.45, 2.75) is 19.4 Å². The van der Waals surface area contributed by atoms with Crippen molar-refractivity contribution in [3.63, 3.8) is 0 Å². The van der Waals surface area contributed by atoms with Crippen molar-refractivity contribution in [3.8, 4) is 5.75 Å². The smallest absolute Gasteiger partial charge is 0.123 e. The molecule has 0 saturated heterocycles. The van der Waals surface area contributed by atoms with Gasteiger partial charge in [0.2, 0.25) is 0 Å². The lowest BCUT2D eigenvalue weighted by Gasteiger charge is -2.19. The van der Waals surface area contributed by atoms with Crippen molar-refractivity contribution >= 4 is 27.3 Å². The lowest BCUT2D eigenvalue weighted by Crippen LogP contribution is -2.29. The quantitative estimate of drug-likeness (QED) is 0.646. The Morgan fingerprint density at radius 2 is 2.21 bits per heavy atom. The van der Waals surface area contributed by atoms with Crippen molar-refractivity contribution in [2.75, 3.05) is 7.11 Å². The summed E-state index contributed by atoms with van der Waals surface area (Å²) in [5, 5.41) is 2.07. The number of hydrogen-bond acceptors (Lipinski definition) is 4. The van der Waals surface area contributed by atoms with E-state index in [0.717, 1.165) is 22.2 Å². The Hall–Kier alpha value is -0.880. The molecule has 0 saturated carbocycles. The van der Waals surface area contributed by atoms with E-state index in [1.807, 2.05) is 12.1 Å². The van der Waals surface area contributed by atoms with E-state index in [0.29, 0.717) is 0 Å². The summed E-state index contributed by atoms with van der Waals surface area (Å²) in [6.45, 7) is 2.07. The van der Waals surface area contributed by atoms with Gasteiger partial charge in [0.1, 0.15) is 5.75 Å². The summed E-state index contributed by atoms with van der Waals surface area (Å²) in [5.41, 5.74) is 5.18. The van der Waals surface area contributed by atoms with Gasteiger partial charge in [-0.1, -0.05) is 17.7 Å². The molecule has 0 aliphatic rings. The van der Waals surface area contributed by atoms with Gasteiger partial charge in [0.25, 0.3) is 0 Å². The van der Waals surface area contributed by atoms with Gasteiger partial charge in [0, 0.05) is 21.3 Å². The third-order valence-corrected chi connectivity index (χ3v) is 4.99. The minimum atomic E-state index is 0.0322. The molecule has 0 aliphatic heterocycles. The molecule has 0 aliphatic carbocycles. The standard InChI is InChI=1S/C14H17BrN2OS/c1-9-3-4-13(18-2)10(7-9)12(17-16)8-14-11(15)5-6-19-14/h3-7,12,17H,8,16H2,1-2H3. The molecule has 3 nitrogen and oxygen atoms in total. The number of hydrogen-bond donors (Lipinski definition) is 2. The Labute approximate surface area is 125 Å². The molecule has 5 heteroatoms. The highest BCUT2D eigenvalue weighted by molar-refractivity contribution is 9.10. The summed E-state index contributed by atoms with van der Waals surface area (Å²) in [4.78, 5) is 1.27. The molecular formula is C14H17BrN2OS. The number of nitrogens with one attached hydrogen (secondary N) is 1. The van der Waals surface area contributed by atoms with E-state index in [-0.39, 0.29) is 6.04 Å². The fourth-order valence-electron chi connectivity index (χ4n) is 2.04. The van der Waals surface area contributed by atoms with Gasteiger partial charge in [-0.05, 0) is 40.4 Å². The fraction of sp³-hybridized carbons (Fsp3) is 0.286. The molecule has 1 heterocycles. The van der Waals surface area contributed by atoms with Crippen LogP contribution in [-0.4, -0.2) is 7.11 Å². The third kappa shape index (κ3) is 3.36. The predicted octanol–water partition coefficient (Wildman–Crippen LogP) is 3.57. The molecule has 1 aromatic carbocycles. The predicted molar refractivity (Wildman–Crippen MR) is 83.5 cm³/mol. The summed E-state index contributed by atoms with van der Waals surface area (Å²) in [6.07, 6.45) is 0.828. The van der Waals surface area contributed by atoms with Crippen LogP contribution in [0.1, 0.15) is 22.0 Å². The van der Waals surface area contributed by atoms with Gasteiger partial charge in [0.05, 0.1) is 13.2 Å². The zero-order valence-corrected chi connectivity index (χ0v) is 13.3. The van der Waals surface area contributed by atoms with Crippen LogP contribution in [0, 0.1) is 6.92 Å². The fourth-order valence-corrected chi connectivity index (χ4v) is 3.60. The summed E-state index contributed by atoms with van der Waals surface area (Å²) in [6, 6.07) is 8.23. The van der Waals surface area contributed by atoms with Gasteiger partial charge in [-0.25, -0.2) is 0 Å². The van der Waals surface area contributed by atoms with E-state index in [2.05, 4.69) is 45.8 Å².